The van der Waals surface area contributed by atoms with E-state index in [1.807, 2.05) is 24.3 Å². The van der Waals surface area contributed by atoms with E-state index in [9.17, 15) is 9.59 Å². The number of para-hydroxylation sites is 1. The van der Waals surface area contributed by atoms with Gasteiger partial charge in [0.1, 0.15) is 0 Å². The number of nitrogens with zero attached hydrogens (tertiary/aromatic N) is 1. The molecule has 2 heterocycles. The van der Waals surface area contributed by atoms with Crippen LogP contribution in [0.1, 0.15) is 16.8 Å². The van der Waals surface area contributed by atoms with Crippen molar-refractivity contribution >= 4 is 46.7 Å². The smallest absolute Gasteiger partial charge is 0.271 e. The van der Waals surface area contributed by atoms with Crippen LogP contribution in [-0.2, 0) is 11.2 Å². The number of rotatable bonds is 4. The minimum absolute atomic E-state index is 0.0271. The number of aromatic nitrogens is 2. The molecule has 134 valence electrons. The molecule has 1 amide bonds. The highest BCUT2D eigenvalue weighted by molar-refractivity contribution is 6.30. The molecule has 7 heteroatoms. The van der Waals surface area contributed by atoms with E-state index in [0.717, 1.165) is 16.8 Å². The standard InChI is InChI=1S/C20H15ClN4O2/c21-13-5-7-14(8-6-13)23-19(26)10-18-16(20(27)25-24-18)9-12-11-22-17-4-2-1-3-15(12)17/h1-9,11H,10H2,(H,23,26)(H2,24,25,27). The number of anilines is 1. The van der Waals surface area contributed by atoms with Gasteiger partial charge in [-0.2, -0.15) is 0 Å². The van der Waals surface area contributed by atoms with Gasteiger partial charge in [0, 0.05) is 28.1 Å². The van der Waals surface area contributed by atoms with Crippen LogP contribution >= 0.6 is 11.6 Å². The Kier molecular flexibility index (Phi) is 4.48. The fourth-order valence-electron chi connectivity index (χ4n) is 2.90. The summed E-state index contributed by atoms with van der Waals surface area (Å²) in [6.07, 6.45) is 3.49. The zero-order valence-corrected chi connectivity index (χ0v) is 14.9. The molecule has 1 aliphatic rings. The highest BCUT2D eigenvalue weighted by Gasteiger charge is 2.16. The molecule has 3 aromatic rings. The maximum absolute atomic E-state index is 12.3. The molecule has 1 aliphatic heterocycles. The van der Waals surface area contributed by atoms with Gasteiger partial charge in [-0.3, -0.25) is 19.7 Å². The zero-order chi connectivity index (χ0) is 18.8. The van der Waals surface area contributed by atoms with Gasteiger partial charge < -0.3 is 10.4 Å². The summed E-state index contributed by atoms with van der Waals surface area (Å²) in [5, 5.41) is 8.71. The molecule has 0 aliphatic carbocycles. The van der Waals surface area contributed by atoms with Crippen molar-refractivity contribution < 1.29 is 4.79 Å². The Bertz CT molecular complexity index is 1120. The van der Waals surface area contributed by atoms with Crippen LogP contribution in [0.5, 0.6) is 0 Å². The van der Waals surface area contributed by atoms with E-state index in [4.69, 9.17) is 11.6 Å². The Labute approximate surface area is 159 Å². The van der Waals surface area contributed by atoms with Crippen molar-refractivity contribution in [3.8, 4) is 0 Å². The van der Waals surface area contributed by atoms with E-state index in [0.29, 0.717) is 22.0 Å². The lowest BCUT2D eigenvalue weighted by atomic mass is 10.0. The van der Waals surface area contributed by atoms with Crippen LogP contribution < -0.4 is 10.9 Å². The lowest BCUT2D eigenvalue weighted by Gasteiger charge is -2.05. The maximum Gasteiger partial charge on any atom is 0.271 e. The fraction of sp³-hybridized carbons (Fsp3) is 0.0500. The molecule has 3 N–H and O–H groups in total. The van der Waals surface area contributed by atoms with Gasteiger partial charge in [-0.25, -0.2) is 0 Å². The Morgan fingerprint density at radius 1 is 1.11 bits per heavy atom. The molecule has 0 atom stereocenters. The SMILES string of the molecule is O=C(Cc1[nH][nH]c(=O)c1C=C1C=Nc2ccccc21)Nc1ccc(Cl)cc1. The predicted molar refractivity (Wildman–Crippen MR) is 108 cm³/mol. The number of halogens is 1. The third kappa shape index (κ3) is 3.61. The molecule has 1 aromatic heterocycles. The van der Waals surface area contributed by atoms with E-state index in [1.54, 1.807) is 36.6 Å². The quantitative estimate of drug-likeness (QED) is 0.644. The van der Waals surface area contributed by atoms with Crippen molar-refractivity contribution in [1.82, 2.24) is 10.2 Å². The number of amides is 1. The second-order valence-corrected chi connectivity index (χ2v) is 6.51. The van der Waals surface area contributed by atoms with Crippen molar-refractivity contribution in [2.24, 2.45) is 4.99 Å². The van der Waals surface area contributed by atoms with E-state index in [2.05, 4.69) is 20.5 Å². The number of allylic oxidation sites excluding steroid dienone is 1. The van der Waals surface area contributed by atoms with Gasteiger partial charge >= 0.3 is 0 Å². The first-order chi connectivity index (χ1) is 13.1. The van der Waals surface area contributed by atoms with Crippen LogP contribution in [0.15, 0.2) is 58.3 Å². The number of carbonyl (C=O) groups is 1. The highest BCUT2D eigenvalue weighted by atomic mass is 35.5. The zero-order valence-electron chi connectivity index (χ0n) is 14.1. The Hall–Kier alpha value is -3.38. The van der Waals surface area contributed by atoms with Crippen molar-refractivity contribution in [3.05, 3.63) is 80.7 Å². The van der Waals surface area contributed by atoms with Crippen molar-refractivity contribution in [2.75, 3.05) is 5.32 Å². The minimum Gasteiger partial charge on any atom is -0.326 e. The molecule has 6 nitrogen and oxygen atoms in total. The summed E-state index contributed by atoms with van der Waals surface area (Å²) in [5.74, 6) is -0.243. The van der Waals surface area contributed by atoms with Crippen LogP contribution in [0, 0.1) is 0 Å². The number of hydrogen-bond acceptors (Lipinski definition) is 3. The third-order valence-corrected chi connectivity index (χ3v) is 4.47. The lowest BCUT2D eigenvalue weighted by molar-refractivity contribution is -0.115. The summed E-state index contributed by atoms with van der Waals surface area (Å²) in [6.45, 7) is 0. The molecule has 0 radical (unpaired) electrons. The number of fused-ring (bicyclic) bond motifs is 1. The first-order valence-corrected chi connectivity index (χ1v) is 8.68. The Morgan fingerprint density at radius 2 is 1.89 bits per heavy atom. The highest BCUT2D eigenvalue weighted by Crippen LogP contribution is 2.32. The number of H-pyrrole nitrogens is 2. The van der Waals surface area contributed by atoms with Gasteiger partial charge in [-0.1, -0.05) is 29.8 Å². The van der Waals surface area contributed by atoms with Gasteiger partial charge in [0.05, 0.1) is 23.4 Å². The van der Waals surface area contributed by atoms with Crippen molar-refractivity contribution in [2.45, 2.75) is 6.42 Å². The maximum atomic E-state index is 12.3. The lowest BCUT2D eigenvalue weighted by Crippen LogP contribution is -2.15. The number of aromatic amines is 2. The molecule has 2 aromatic carbocycles. The second kappa shape index (κ2) is 7.09. The fourth-order valence-corrected chi connectivity index (χ4v) is 3.03. The molecule has 0 fully saturated rings. The molecule has 0 bridgehead atoms. The summed E-state index contributed by atoms with van der Waals surface area (Å²) >= 11 is 5.84. The van der Waals surface area contributed by atoms with Crippen LogP contribution in [0.25, 0.3) is 11.6 Å². The predicted octanol–water partition coefficient (Wildman–Crippen LogP) is 3.79. The number of benzene rings is 2. The van der Waals surface area contributed by atoms with Crippen LogP contribution in [0.3, 0.4) is 0 Å². The van der Waals surface area contributed by atoms with E-state index < -0.39 is 0 Å². The van der Waals surface area contributed by atoms with Gasteiger partial charge in [0.15, 0.2) is 0 Å². The Morgan fingerprint density at radius 3 is 2.70 bits per heavy atom. The largest absolute Gasteiger partial charge is 0.326 e. The van der Waals surface area contributed by atoms with Gasteiger partial charge in [0.25, 0.3) is 5.56 Å². The summed E-state index contributed by atoms with van der Waals surface area (Å²) in [6, 6.07) is 14.5. The van der Waals surface area contributed by atoms with Crippen LogP contribution in [-0.4, -0.2) is 22.3 Å². The van der Waals surface area contributed by atoms with Gasteiger partial charge in [-0.05, 0) is 36.4 Å². The molecule has 0 saturated carbocycles. The van der Waals surface area contributed by atoms with E-state index in [1.165, 1.54) is 0 Å². The molecule has 27 heavy (non-hydrogen) atoms. The minimum atomic E-state index is -0.283. The molecular weight excluding hydrogens is 364 g/mol. The first kappa shape index (κ1) is 17.1. The number of hydrogen-bond donors (Lipinski definition) is 3. The van der Waals surface area contributed by atoms with Crippen molar-refractivity contribution in [1.29, 1.82) is 0 Å². The summed E-state index contributed by atoms with van der Waals surface area (Å²) in [7, 11) is 0. The van der Waals surface area contributed by atoms with Crippen molar-refractivity contribution in [3.63, 3.8) is 0 Å². The molecular formula is C20H15ClN4O2. The van der Waals surface area contributed by atoms with Crippen LogP contribution in [0.2, 0.25) is 5.02 Å². The second-order valence-electron chi connectivity index (χ2n) is 6.08. The molecule has 0 saturated heterocycles. The summed E-state index contributed by atoms with van der Waals surface area (Å²) in [5.41, 5.74) is 3.92. The van der Waals surface area contributed by atoms with E-state index in [-0.39, 0.29) is 17.9 Å². The number of aliphatic imine (C=N–C) groups is 1. The average Bonchev–Trinajstić information content (AvgIpc) is 3.22. The third-order valence-electron chi connectivity index (χ3n) is 4.22. The van der Waals surface area contributed by atoms with Gasteiger partial charge in [0.2, 0.25) is 5.91 Å². The summed E-state index contributed by atoms with van der Waals surface area (Å²) in [4.78, 5) is 28.9. The summed E-state index contributed by atoms with van der Waals surface area (Å²) < 4.78 is 0. The molecule has 4 rings (SSSR count). The number of carbonyl (C=O) groups excluding carboxylic acids is 1. The molecule has 0 unspecified atom stereocenters. The Balaban J connectivity index is 1.57. The number of nitrogens with one attached hydrogen (secondary N) is 3. The van der Waals surface area contributed by atoms with E-state index >= 15 is 0 Å². The first-order valence-electron chi connectivity index (χ1n) is 8.30. The van der Waals surface area contributed by atoms with Crippen LogP contribution in [0.4, 0.5) is 11.4 Å². The monoisotopic (exact) mass is 378 g/mol. The normalized spacial score (nSPS) is 13.7. The van der Waals surface area contributed by atoms with Gasteiger partial charge in [-0.15, -0.1) is 0 Å². The average molecular weight is 379 g/mol. The molecule has 0 spiro atoms. The topological polar surface area (TPSA) is 90.1 Å².